The van der Waals surface area contributed by atoms with Crippen LogP contribution in [0.15, 0.2) is 6.20 Å². The predicted molar refractivity (Wildman–Crippen MR) is 69.3 cm³/mol. The summed E-state index contributed by atoms with van der Waals surface area (Å²) in [6.45, 7) is -0.598. The van der Waals surface area contributed by atoms with Gasteiger partial charge in [0.05, 0.1) is 11.5 Å². The number of halogens is 3. The minimum atomic E-state index is -2.61. The van der Waals surface area contributed by atoms with Crippen molar-refractivity contribution < 1.29 is 13.7 Å². The largest absolute Gasteiger partial charge is 0.342 e. The van der Waals surface area contributed by atoms with E-state index in [0.29, 0.717) is 12.8 Å². The van der Waals surface area contributed by atoms with E-state index in [1.165, 1.54) is 4.90 Å². The molecule has 0 saturated heterocycles. The van der Waals surface area contributed by atoms with Gasteiger partial charge in [-0.25, -0.2) is 13.8 Å². The minimum absolute atomic E-state index is 0.123. The third-order valence-electron chi connectivity index (χ3n) is 3.29. The Morgan fingerprint density at radius 2 is 2.15 bits per heavy atom. The molecule has 1 aliphatic rings. The van der Waals surface area contributed by atoms with Gasteiger partial charge in [-0.15, -0.1) is 0 Å². The fourth-order valence-corrected chi connectivity index (χ4v) is 2.59. The zero-order valence-electron chi connectivity index (χ0n) is 10.5. The lowest BCUT2D eigenvalue weighted by Gasteiger charge is -2.29. The highest BCUT2D eigenvalue weighted by Crippen LogP contribution is 2.33. The van der Waals surface area contributed by atoms with Gasteiger partial charge in [-0.05, 0) is 24.4 Å². The molecular weight excluding hydrogens is 294 g/mol. The molecular formula is C11H13ClF2N4O2. The summed E-state index contributed by atoms with van der Waals surface area (Å²) in [7, 11) is 0. The van der Waals surface area contributed by atoms with Gasteiger partial charge in [-0.1, -0.05) is 12.8 Å². The summed E-state index contributed by atoms with van der Waals surface area (Å²) in [5.74, 6) is -0.123. The highest BCUT2D eigenvalue weighted by molar-refractivity contribution is 6.28. The Morgan fingerprint density at radius 1 is 1.50 bits per heavy atom. The van der Waals surface area contributed by atoms with E-state index in [2.05, 4.69) is 9.97 Å². The molecule has 2 rings (SSSR count). The number of aromatic nitrogens is 2. The first-order valence-corrected chi connectivity index (χ1v) is 6.58. The van der Waals surface area contributed by atoms with E-state index in [0.717, 1.165) is 19.0 Å². The lowest BCUT2D eigenvalue weighted by atomic mass is 10.2. The van der Waals surface area contributed by atoms with E-state index in [1.807, 2.05) is 0 Å². The molecule has 6 nitrogen and oxygen atoms in total. The first kappa shape index (κ1) is 14.8. The minimum Gasteiger partial charge on any atom is -0.342 e. The number of anilines is 1. The van der Waals surface area contributed by atoms with E-state index >= 15 is 0 Å². The van der Waals surface area contributed by atoms with Gasteiger partial charge in [0, 0.05) is 6.04 Å². The Balaban J connectivity index is 2.40. The summed E-state index contributed by atoms with van der Waals surface area (Å²) in [6.07, 6.45) is 1.60. The highest BCUT2D eigenvalue weighted by Gasteiger charge is 2.31. The standard InChI is InChI=1S/C11H13ClF2N4O2/c12-11-15-5-8(18(19)20)10(16-11)17(6-9(13)14)7-3-1-2-4-7/h5,7,9H,1-4,6H2. The van der Waals surface area contributed by atoms with Crippen LogP contribution in [0, 0.1) is 10.1 Å². The van der Waals surface area contributed by atoms with E-state index in [-0.39, 0.29) is 17.1 Å². The Hall–Kier alpha value is -1.57. The number of rotatable bonds is 5. The number of hydrogen-bond donors (Lipinski definition) is 0. The molecule has 0 N–H and O–H groups in total. The first-order chi connectivity index (χ1) is 9.49. The van der Waals surface area contributed by atoms with Crippen LogP contribution in [0.2, 0.25) is 5.28 Å². The van der Waals surface area contributed by atoms with Crippen LogP contribution in [0.3, 0.4) is 0 Å². The molecule has 0 amide bonds. The van der Waals surface area contributed by atoms with Crippen molar-refractivity contribution in [2.45, 2.75) is 38.2 Å². The third-order valence-corrected chi connectivity index (χ3v) is 3.47. The Bertz CT molecular complexity index is 497. The van der Waals surface area contributed by atoms with Gasteiger partial charge in [0.15, 0.2) is 0 Å². The molecule has 1 aliphatic carbocycles. The fraction of sp³-hybridized carbons (Fsp3) is 0.636. The number of nitrogens with zero attached hydrogens (tertiary/aromatic N) is 4. The molecule has 0 aromatic carbocycles. The van der Waals surface area contributed by atoms with Crippen molar-refractivity contribution in [3.05, 3.63) is 21.6 Å². The molecule has 110 valence electrons. The summed E-state index contributed by atoms with van der Waals surface area (Å²) in [6, 6.07) is -0.173. The van der Waals surface area contributed by atoms with Crippen molar-refractivity contribution in [2.75, 3.05) is 11.4 Å². The van der Waals surface area contributed by atoms with E-state index in [9.17, 15) is 18.9 Å². The summed E-state index contributed by atoms with van der Waals surface area (Å²) in [5, 5.41) is 10.8. The molecule has 20 heavy (non-hydrogen) atoms. The van der Waals surface area contributed by atoms with Gasteiger partial charge in [0.1, 0.15) is 6.20 Å². The molecule has 1 aromatic rings. The van der Waals surface area contributed by atoms with E-state index in [1.54, 1.807) is 0 Å². The van der Waals surface area contributed by atoms with Crippen molar-refractivity contribution >= 4 is 23.1 Å². The highest BCUT2D eigenvalue weighted by atomic mass is 35.5. The van der Waals surface area contributed by atoms with Gasteiger partial charge in [-0.3, -0.25) is 10.1 Å². The SMILES string of the molecule is O=[N+]([O-])c1cnc(Cl)nc1N(CC(F)F)C1CCCC1. The molecule has 0 bridgehead atoms. The molecule has 0 spiro atoms. The maximum Gasteiger partial charge on any atom is 0.329 e. The van der Waals surface area contributed by atoms with Crippen LogP contribution < -0.4 is 4.90 Å². The molecule has 0 aliphatic heterocycles. The molecule has 1 saturated carbocycles. The number of nitro groups is 1. The van der Waals surface area contributed by atoms with Crippen LogP contribution in [0.1, 0.15) is 25.7 Å². The van der Waals surface area contributed by atoms with E-state index in [4.69, 9.17) is 11.6 Å². The maximum atomic E-state index is 12.8. The third kappa shape index (κ3) is 3.30. The monoisotopic (exact) mass is 306 g/mol. The summed E-state index contributed by atoms with van der Waals surface area (Å²) < 4.78 is 25.5. The summed E-state index contributed by atoms with van der Waals surface area (Å²) in [5.41, 5.74) is -0.401. The van der Waals surface area contributed by atoms with Crippen LogP contribution in [-0.2, 0) is 0 Å². The topological polar surface area (TPSA) is 72.2 Å². The average molecular weight is 307 g/mol. The van der Waals surface area contributed by atoms with Crippen molar-refractivity contribution in [3.63, 3.8) is 0 Å². The molecule has 1 heterocycles. The normalized spacial score (nSPS) is 15.8. The summed E-state index contributed by atoms with van der Waals surface area (Å²) in [4.78, 5) is 19.0. The number of hydrogen-bond acceptors (Lipinski definition) is 5. The van der Waals surface area contributed by atoms with Gasteiger partial charge in [-0.2, -0.15) is 4.98 Å². The zero-order valence-corrected chi connectivity index (χ0v) is 11.3. The molecule has 1 aromatic heterocycles. The second-order valence-electron chi connectivity index (χ2n) is 4.59. The predicted octanol–water partition coefficient (Wildman–Crippen LogP) is 3.05. The quantitative estimate of drug-likeness (QED) is 0.475. The second-order valence-corrected chi connectivity index (χ2v) is 4.92. The molecule has 0 unspecified atom stereocenters. The molecule has 0 radical (unpaired) electrons. The second kappa shape index (κ2) is 6.25. The van der Waals surface area contributed by atoms with Crippen LogP contribution >= 0.6 is 11.6 Å². The van der Waals surface area contributed by atoms with E-state index < -0.39 is 23.6 Å². The van der Waals surface area contributed by atoms with Crippen LogP contribution in [-0.4, -0.2) is 33.9 Å². The van der Waals surface area contributed by atoms with Crippen LogP contribution in [0.4, 0.5) is 20.3 Å². The van der Waals surface area contributed by atoms with Gasteiger partial charge in [0.2, 0.25) is 11.1 Å². The molecule has 9 heteroatoms. The summed E-state index contributed by atoms with van der Waals surface area (Å²) >= 11 is 5.65. The Morgan fingerprint density at radius 3 is 2.70 bits per heavy atom. The lowest BCUT2D eigenvalue weighted by Crippen LogP contribution is -2.38. The zero-order chi connectivity index (χ0) is 14.7. The number of alkyl halides is 2. The van der Waals surface area contributed by atoms with Crippen molar-refractivity contribution in [3.8, 4) is 0 Å². The average Bonchev–Trinajstić information content (AvgIpc) is 2.88. The Kier molecular flexibility index (Phi) is 4.64. The van der Waals surface area contributed by atoms with Crippen molar-refractivity contribution in [1.82, 2.24) is 9.97 Å². The van der Waals surface area contributed by atoms with Crippen LogP contribution in [0.25, 0.3) is 0 Å². The Labute approximate surface area is 118 Å². The van der Waals surface area contributed by atoms with Crippen LogP contribution in [0.5, 0.6) is 0 Å². The maximum absolute atomic E-state index is 12.8. The first-order valence-electron chi connectivity index (χ1n) is 6.20. The fourth-order valence-electron chi connectivity index (χ4n) is 2.46. The molecule has 1 fully saturated rings. The van der Waals surface area contributed by atoms with Crippen molar-refractivity contribution in [1.29, 1.82) is 0 Å². The van der Waals surface area contributed by atoms with Gasteiger partial charge < -0.3 is 4.90 Å². The van der Waals surface area contributed by atoms with Gasteiger partial charge >= 0.3 is 5.69 Å². The lowest BCUT2D eigenvalue weighted by molar-refractivity contribution is -0.384. The van der Waals surface area contributed by atoms with Crippen molar-refractivity contribution in [2.24, 2.45) is 0 Å². The molecule has 0 atom stereocenters. The van der Waals surface area contributed by atoms with Gasteiger partial charge in [0.25, 0.3) is 6.43 Å². The smallest absolute Gasteiger partial charge is 0.329 e.